The minimum absolute atomic E-state index is 0.289. The molecule has 0 heterocycles. The molecule has 0 radical (unpaired) electrons. The number of nitrogens with one attached hydrogen (secondary N) is 1. The van der Waals surface area contributed by atoms with Gasteiger partial charge in [0.25, 0.3) is 0 Å². The summed E-state index contributed by atoms with van der Waals surface area (Å²) in [5.41, 5.74) is 0.855. The van der Waals surface area contributed by atoms with Crippen molar-refractivity contribution in [2.75, 3.05) is 40.1 Å². The van der Waals surface area contributed by atoms with Crippen LogP contribution in [0.5, 0.6) is 5.75 Å². The van der Waals surface area contributed by atoms with E-state index >= 15 is 0 Å². The number of halogens is 1. The molecule has 1 aromatic rings. The van der Waals surface area contributed by atoms with Crippen molar-refractivity contribution in [3.63, 3.8) is 0 Å². The topological polar surface area (TPSA) is 39.7 Å². The van der Waals surface area contributed by atoms with Crippen LogP contribution in [0.25, 0.3) is 0 Å². The van der Waals surface area contributed by atoms with Gasteiger partial charge in [-0.05, 0) is 24.1 Å². The Morgan fingerprint density at radius 1 is 1.10 bits per heavy atom. The normalized spacial score (nSPS) is 10.8. The molecular formula is C16H26FNO3. The fraction of sp³-hybridized carbons (Fsp3) is 0.625. The fourth-order valence-corrected chi connectivity index (χ4v) is 1.78. The third-order valence-electron chi connectivity index (χ3n) is 2.88. The summed E-state index contributed by atoms with van der Waals surface area (Å²) in [6, 6.07) is 4.74. The maximum absolute atomic E-state index is 13.5. The predicted octanol–water partition coefficient (Wildman–Crippen LogP) is 2.76. The van der Waals surface area contributed by atoms with Gasteiger partial charge in [-0.3, -0.25) is 0 Å². The zero-order valence-corrected chi connectivity index (χ0v) is 13.0. The highest BCUT2D eigenvalue weighted by Gasteiger charge is 2.02. The van der Waals surface area contributed by atoms with Crippen molar-refractivity contribution in [1.29, 1.82) is 0 Å². The summed E-state index contributed by atoms with van der Waals surface area (Å²) in [5, 5.41) is 3.18. The van der Waals surface area contributed by atoms with E-state index in [1.807, 2.05) is 6.07 Å². The Balaban J connectivity index is 2.31. The van der Waals surface area contributed by atoms with Gasteiger partial charge in [-0.25, -0.2) is 4.39 Å². The first-order valence-electron chi connectivity index (χ1n) is 7.46. The standard InChI is InChI=1S/C16H26FNO3/c1-3-4-6-20-8-9-21-16-11-14(10-15(17)12-16)13-18-5-7-19-2/h10-12,18H,3-9,13H2,1-2H3. The third-order valence-corrected chi connectivity index (χ3v) is 2.88. The summed E-state index contributed by atoms with van der Waals surface area (Å²) >= 11 is 0. The molecule has 0 atom stereocenters. The van der Waals surface area contributed by atoms with Crippen LogP contribution in [0.1, 0.15) is 25.3 Å². The van der Waals surface area contributed by atoms with E-state index in [2.05, 4.69) is 12.2 Å². The van der Waals surface area contributed by atoms with E-state index in [1.54, 1.807) is 7.11 Å². The summed E-state index contributed by atoms with van der Waals surface area (Å²) < 4.78 is 29.4. The minimum Gasteiger partial charge on any atom is -0.491 e. The van der Waals surface area contributed by atoms with Crippen molar-refractivity contribution in [2.45, 2.75) is 26.3 Å². The van der Waals surface area contributed by atoms with Crippen LogP contribution in [0.3, 0.4) is 0 Å². The molecule has 0 unspecified atom stereocenters. The number of ether oxygens (including phenoxy) is 3. The second-order valence-corrected chi connectivity index (χ2v) is 4.78. The molecule has 0 aromatic heterocycles. The molecule has 0 spiro atoms. The molecular weight excluding hydrogens is 273 g/mol. The first kappa shape index (κ1) is 17.9. The van der Waals surface area contributed by atoms with Crippen LogP contribution in [0.4, 0.5) is 4.39 Å². The highest BCUT2D eigenvalue weighted by Crippen LogP contribution is 2.16. The average Bonchev–Trinajstić information content (AvgIpc) is 2.47. The largest absolute Gasteiger partial charge is 0.491 e. The summed E-state index contributed by atoms with van der Waals surface area (Å²) in [7, 11) is 1.65. The number of rotatable bonds is 12. The Bertz CT molecular complexity index is 388. The molecule has 0 aliphatic carbocycles. The van der Waals surface area contributed by atoms with Crippen LogP contribution in [0.2, 0.25) is 0 Å². The Hall–Kier alpha value is -1.17. The van der Waals surface area contributed by atoms with Gasteiger partial charge >= 0.3 is 0 Å². The summed E-state index contributed by atoms with van der Waals surface area (Å²) in [5.74, 6) is 0.251. The molecule has 0 saturated heterocycles. The van der Waals surface area contributed by atoms with E-state index in [0.717, 1.165) is 31.6 Å². The molecule has 0 bridgehead atoms. The zero-order valence-electron chi connectivity index (χ0n) is 13.0. The highest BCUT2D eigenvalue weighted by atomic mass is 19.1. The summed E-state index contributed by atoms with van der Waals surface area (Å²) in [6.45, 7) is 5.78. The summed E-state index contributed by atoms with van der Waals surface area (Å²) in [4.78, 5) is 0. The lowest BCUT2D eigenvalue weighted by Gasteiger charge is -2.10. The van der Waals surface area contributed by atoms with Crippen LogP contribution in [0.15, 0.2) is 18.2 Å². The zero-order chi connectivity index (χ0) is 15.3. The number of hydrogen-bond donors (Lipinski definition) is 1. The number of unbranched alkanes of at least 4 members (excludes halogenated alkanes) is 1. The molecule has 0 saturated carbocycles. The Morgan fingerprint density at radius 3 is 2.71 bits per heavy atom. The van der Waals surface area contributed by atoms with E-state index in [-0.39, 0.29) is 5.82 Å². The molecule has 0 amide bonds. The van der Waals surface area contributed by atoms with Gasteiger partial charge in [0.05, 0.1) is 13.2 Å². The van der Waals surface area contributed by atoms with Crippen molar-refractivity contribution >= 4 is 0 Å². The average molecular weight is 299 g/mol. The molecule has 1 aromatic carbocycles. The van der Waals surface area contributed by atoms with Crippen molar-refractivity contribution in [3.8, 4) is 5.75 Å². The smallest absolute Gasteiger partial charge is 0.127 e. The molecule has 0 fully saturated rings. The van der Waals surface area contributed by atoms with Crippen molar-refractivity contribution < 1.29 is 18.6 Å². The lowest BCUT2D eigenvalue weighted by molar-refractivity contribution is 0.0979. The van der Waals surface area contributed by atoms with Crippen LogP contribution < -0.4 is 10.1 Å². The monoisotopic (exact) mass is 299 g/mol. The van der Waals surface area contributed by atoms with Gasteiger partial charge in [0, 0.05) is 32.9 Å². The molecule has 5 heteroatoms. The van der Waals surface area contributed by atoms with E-state index in [4.69, 9.17) is 14.2 Å². The highest BCUT2D eigenvalue weighted by molar-refractivity contribution is 5.29. The van der Waals surface area contributed by atoms with Crippen LogP contribution in [0, 0.1) is 5.82 Å². The van der Waals surface area contributed by atoms with Crippen molar-refractivity contribution in [3.05, 3.63) is 29.6 Å². The SMILES string of the molecule is CCCCOCCOc1cc(F)cc(CNCCOC)c1. The van der Waals surface area contributed by atoms with E-state index in [1.165, 1.54) is 12.1 Å². The Labute approximate surface area is 126 Å². The predicted molar refractivity (Wildman–Crippen MR) is 81.2 cm³/mol. The van der Waals surface area contributed by atoms with Gasteiger partial charge in [-0.15, -0.1) is 0 Å². The molecule has 1 rings (SSSR count). The number of hydrogen-bond acceptors (Lipinski definition) is 4. The number of benzene rings is 1. The first-order valence-corrected chi connectivity index (χ1v) is 7.46. The number of methoxy groups -OCH3 is 1. The lowest BCUT2D eigenvalue weighted by Crippen LogP contribution is -2.18. The Kier molecular flexibility index (Phi) is 9.78. The molecule has 1 N–H and O–H groups in total. The summed E-state index contributed by atoms with van der Waals surface area (Å²) in [6.07, 6.45) is 2.17. The van der Waals surface area contributed by atoms with Crippen LogP contribution in [-0.4, -0.2) is 40.1 Å². The minimum atomic E-state index is -0.289. The maximum Gasteiger partial charge on any atom is 0.127 e. The van der Waals surface area contributed by atoms with Crippen molar-refractivity contribution in [2.24, 2.45) is 0 Å². The third kappa shape index (κ3) is 8.65. The lowest BCUT2D eigenvalue weighted by atomic mass is 10.2. The van der Waals surface area contributed by atoms with E-state index in [9.17, 15) is 4.39 Å². The van der Waals surface area contributed by atoms with Gasteiger partial charge in [-0.2, -0.15) is 0 Å². The van der Waals surface area contributed by atoms with Gasteiger partial charge in [-0.1, -0.05) is 13.3 Å². The van der Waals surface area contributed by atoms with Gasteiger partial charge < -0.3 is 19.5 Å². The maximum atomic E-state index is 13.5. The Morgan fingerprint density at radius 2 is 1.95 bits per heavy atom. The van der Waals surface area contributed by atoms with E-state index < -0.39 is 0 Å². The van der Waals surface area contributed by atoms with Crippen molar-refractivity contribution in [1.82, 2.24) is 5.32 Å². The van der Waals surface area contributed by atoms with E-state index in [0.29, 0.717) is 32.1 Å². The molecule has 0 aliphatic rings. The van der Waals surface area contributed by atoms with Gasteiger partial charge in [0.2, 0.25) is 0 Å². The van der Waals surface area contributed by atoms with Crippen LogP contribution in [-0.2, 0) is 16.0 Å². The fourth-order valence-electron chi connectivity index (χ4n) is 1.78. The molecule has 21 heavy (non-hydrogen) atoms. The molecule has 4 nitrogen and oxygen atoms in total. The van der Waals surface area contributed by atoms with Gasteiger partial charge in [0.15, 0.2) is 0 Å². The van der Waals surface area contributed by atoms with Crippen LogP contribution >= 0.6 is 0 Å². The molecule has 0 aliphatic heterocycles. The molecule has 120 valence electrons. The second kappa shape index (κ2) is 11.5. The quantitative estimate of drug-likeness (QED) is 0.602. The first-order chi connectivity index (χ1) is 10.3. The van der Waals surface area contributed by atoms with Gasteiger partial charge in [0.1, 0.15) is 18.2 Å². The second-order valence-electron chi connectivity index (χ2n) is 4.78.